The van der Waals surface area contributed by atoms with Crippen LogP contribution in [0.15, 0.2) is 27.8 Å². The first-order valence-corrected chi connectivity index (χ1v) is 10.1. The molecule has 0 saturated heterocycles. The molecule has 154 valence electrons. The number of aliphatic hydroxyl groups excluding tert-OH is 1. The van der Waals surface area contributed by atoms with E-state index in [1.54, 1.807) is 36.9 Å². The molecule has 1 fully saturated rings. The molecule has 1 aliphatic rings. The molecule has 1 aromatic carbocycles. The quantitative estimate of drug-likeness (QED) is 0.651. The first-order chi connectivity index (χ1) is 13.8. The van der Waals surface area contributed by atoms with E-state index in [4.69, 9.17) is 23.2 Å². The van der Waals surface area contributed by atoms with Gasteiger partial charge in [0.15, 0.2) is 11.2 Å². The summed E-state index contributed by atoms with van der Waals surface area (Å²) in [5.41, 5.74) is 0.443. The van der Waals surface area contributed by atoms with Gasteiger partial charge in [-0.2, -0.15) is 4.98 Å². The number of aryl methyl sites for hydroxylation is 2. The van der Waals surface area contributed by atoms with Crippen LogP contribution in [-0.2, 0) is 20.6 Å². The van der Waals surface area contributed by atoms with Gasteiger partial charge in [0.25, 0.3) is 5.56 Å². The van der Waals surface area contributed by atoms with Crippen molar-refractivity contribution in [3.8, 4) is 0 Å². The van der Waals surface area contributed by atoms with Crippen LogP contribution in [0.3, 0.4) is 0 Å². The number of fused-ring (bicyclic) bond motifs is 1. The average Bonchev–Trinajstić information content (AvgIpc) is 3.23. The van der Waals surface area contributed by atoms with Gasteiger partial charge in [-0.1, -0.05) is 29.3 Å². The third-order valence-corrected chi connectivity index (χ3v) is 6.16. The Bertz CT molecular complexity index is 1210. The number of nitrogens with one attached hydrogen (secondary N) is 1. The van der Waals surface area contributed by atoms with E-state index in [0.29, 0.717) is 39.1 Å². The number of hydrogen-bond donors (Lipinski definition) is 2. The molecule has 0 aliphatic heterocycles. The number of aliphatic hydroxyl groups is 1. The smallest absolute Gasteiger partial charge is 0.332 e. The molecule has 0 bridgehead atoms. The second kappa shape index (κ2) is 7.51. The number of imidazole rings is 1. The van der Waals surface area contributed by atoms with Crippen LogP contribution in [0, 0.1) is 0 Å². The van der Waals surface area contributed by atoms with E-state index in [2.05, 4.69) is 10.3 Å². The van der Waals surface area contributed by atoms with E-state index < -0.39 is 11.2 Å². The number of rotatable bonds is 4. The van der Waals surface area contributed by atoms with Crippen molar-refractivity contribution in [3.05, 3.63) is 54.6 Å². The Labute approximate surface area is 176 Å². The molecule has 2 aromatic heterocycles. The van der Waals surface area contributed by atoms with Gasteiger partial charge in [-0.05, 0) is 37.0 Å². The molecule has 2 heterocycles. The third kappa shape index (κ3) is 3.56. The molecular formula is C19H21Cl2N5O3. The zero-order chi connectivity index (χ0) is 20.9. The van der Waals surface area contributed by atoms with Gasteiger partial charge in [0.2, 0.25) is 5.95 Å². The molecule has 10 heteroatoms. The minimum atomic E-state index is -0.463. The van der Waals surface area contributed by atoms with Crippen molar-refractivity contribution in [2.75, 3.05) is 5.32 Å². The van der Waals surface area contributed by atoms with Gasteiger partial charge < -0.3 is 15.0 Å². The molecule has 2 atom stereocenters. The Kier molecular flexibility index (Phi) is 5.18. The summed E-state index contributed by atoms with van der Waals surface area (Å²) in [6.45, 7) is 0.0705. The first kappa shape index (κ1) is 20.0. The molecular weight excluding hydrogens is 417 g/mol. The average molecular weight is 438 g/mol. The monoisotopic (exact) mass is 437 g/mol. The highest BCUT2D eigenvalue weighted by Crippen LogP contribution is 2.24. The Hall–Kier alpha value is -2.29. The fourth-order valence-corrected chi connectivity index (χ4v) is 4.12. The van der Waals surface area contributed by atoms with E-state index in [1.807, 2.05) is 0 Å². The zero-order valence-electron chi connectivity index (χ0n) is 16.0. The summed E-state index contributed by atoms with van der Waals surface area (Å²) in [6, 6.07) is 5.08. The summed E-state index contributed by atoms with van der Waals surface area (Å²) < 4.78 is 4.18. The number of hydrogen-bond acceptors (Lipinski definition) is 5. The lowest BCUT2D eigenvalue weighted by atomic mass is 10.2. The van der Waals surface area contributed by atoms with E-state index in [9.17, 15) is 14.7 Å². The van der Waals surface area contributed by atoms with Gasteiger partial charge in [0, 0.05) is 20.1 Å². The van der Waals surface area contributed by atoms with Gasteiger partial charge in [0.05, 0.1) is 22.7 Å². The van der Waals surface area contributed by atoms with Gasteiger partial charge in [0.1, 0.15) is 0 Å². The number of anilines is 1. The summed E-state index contributed by atoms with van der Waals surface area (Å²) >= 11 is 12.0. The van der Waals surface area contributed by atoms with E-state index in [-0.39, 0.29) is 18.7 Å². The molecule has 4 rings (SSSR count). The second-order valence-corrected chi connectivity index (χ2v) is 8.27. The highest BCUT2D eigenvalue weighted by Gasteiger charge is 2.25. The number of aromatic nitrogens is 4. The van der Waals surface area contributed by atoms with Crippen LogP contribution < -0.4 is 16.6 Å². The van der Waals surface area contributed by atoms with Gasteiger partial charge >= 0.3 is 5.69 Å². The summed E-state index contributed by atoms with van der Waals surface area (Å²) in [5, 5.41) is 13.8. The summed E-state index contributed by atoms with van der Waals surface area (Å²) in [7, 11) is 3.32. The number of nitrogens with zero attached hydrogens (tertiary/aromatic N) is 4. The van der Waals surface area contributed by atoms with Crippen LogP contribution in [0.4, 0.5) is 5.95 Å². The minimum absolute atomic E-state index is 0.0705. The highest BCUT2D eigenvalue weighted by atomic mass is 35.5. The first-order valence-electron chi connectivity index (χ1n) is 9.31. The largest absolute Gasteiger partial charge is 0.393 e. The predicted octanol–water partition coefficient (Wildman–Crippen LogP) is 2.11. The SMILES string of the molecule is Cn1c(N[C@@H]2CC[C@H](O)C2)nc2c1c(=O)n(Cc1ccc(Cl)c(Cl)c1)c(=O)n2C. The van der Waals surface area contributed by atoms with E-state index in [1.165, 1.54) is 4.57 Å². The molecule has 0 amide bonds. The maximum absolute atomic E-state index is 13.1. The molecule has 1 saturated carbocycles. The number of benzene rings is 1. The highest BCUT2D eigenvalue weighted by molar-refractivity contribution is 6.42. The lowest BCUT2D eigenvalue weighted by molar-refractivity contribution is 0.182. The predicted molar refractivity (Wildman–Crippen MR) is 113 cm³/mol. The topological polar surface area (TPSA) is 94.1 Å². The van der Waals surface area contributed by atoms with Crippen molar-refractivity contribution in [1.82, 2.24) is 18.7 Å². The molecule has 1 aliphatic carbocycles. The van der Waals surface area contributed by atoms with E-state index in [0.717, 1.165) is 17.4 Å². The summed E-state index contributed by atoms with van der Waals surface area (Å²) in [6.07, 6.45) is 1.86. The number of halogens is 2. The van der Waals surface area contributed by atoms with Crippen molar-refractivity contribution >= 4 is 40.3 Å². The van der Waals surface area contributed by atoms with Crippen molar-refractivity contribution in [3.63, 3.8) is 0 Å². The Balaban J connectivity index is 1.78. The van der Waals surface area contributed by atoms with Crippen molar-refractivity contribution in [1.29, 1.82) is 0 Å². The molecule has 3 aromatic rings. The second-order valence-electron chi connectivity index (χ2n) is 7.46. The Morgan fingerprint density at radius 2 is 1.93 bits per heavy atom. The lowest BCUT2D eigenvalue weighted by Crippen LogP contribution is -2.39. The molecule has 2 N–H and O–H groups in total. The Morgan fingerprint density at radius 1 is 1.17 bits per heavy atom. The van der Waals surface area contributed by atoms with Gasteiger partial charge in [-0.3, -0.25) is 13.9 Å². The fraction of sp³-hybridized carbons (Fsp3) is 0.421. The summed E-state index contributed by atoms with van der Waals surface area (Å²) in [4.78, 5) is 30.5. The maximum Gasteiger partial charge on any atom is 0.332 e. The van der Waals surface area contributed by atoms with Crippen LogP contribution in [0.25, 0.3) is 11.2 Å². The van der Waals surface area contributed by atoms with Crippen molar-refractivity contribution < 1.29 is 5.11 Å². The Morgan fingerprint density at radius 3 is 2.59 bits per heavy atom. The van der Waals surface area contributed by atoms with Crippen LogP contribution in [0.5, 0.6) is 0 Å². The van der Waals surface area contributed by atoms with Crippen LogP contribution >= 0.6 is 23.2 Å². The van der Waals surface area contributed by atoms with Gasteiger partial charge in [-0.15, -0.1) is 0 Å². The summed E-state index contributed by atoms with van der Waals surface area (Å²) in [5.74, 6) is 0.499. The molecule has 0 spiro atoms. The van der Waals surface area contributed by atoms with Gasteiger partial charge in [-0.25, -0.2) is 4.79 Å². The molecule has 0 unspecified atom stereocenters. The van der Waals surface area contributed by atoms with Crippen molar-refractivity contribution in [2.24, 2.45) is 14.1 Å². The molecule has 29 heavy (non-hydrogen) atoms. The van der Waals surface area contributed by atoms with Crippen molar-refractivity contribution in [2.45, 2.75) is 38.0 Å². The maximum atomic E-state index is 13.1. The third-order valence-electron chi connectivity index (χ3n) is 5.42. The lowest BCUT2D eigenvalue weighted by Gasteiger charge is -2.12. The minimum Gasteiger partial charge on any atom is -0.393 e. The van der Waals surface area contributed by atoms with Crippen LogP contribution in [-0.4, -0.2) is 35.9 Å². The zero-order valence-corrected chi connectivity index (χ0v) is 17.5. The van der Waals surface area contributed by atoms with Crippen LogP contribution in [0.2, 0.25) is 10.0 Å². The molecule has 0 radical (unpaired) electrons. The molecule has 8 nitrogen and oxygen atoms in total. The van der Waals surface area contributed by atoms with Crippen LogP contribution in [0.1, 0.15) is 24.8 Å². The fourth-order valence-electron chi connectivity index (χ4n) is 3.80. The standard InChI is InChI=1S/C19H21Cl2N5O3/c1-24-15-16(23-18(24)22-11-4-5-12(27)8-11)25(2)19(29)26(17(15)28)9-10-3-6-13(20)14(21)7-10/h3,6-7,11-12,27H,4-5,8-9H2,1-2H3,(H,22,23)/t11-,12+/m1/s1. The normalized spacial score (nSPS) is 19.2. The van der Waals surface area contributed by atoms with E-state index >= 15 is 0 Å².